The van der Waals surface area contributed by atoms with E-state index in [0.717, 1.165) is 12.8 Å². The molecular formula is C11H23NO2S. The highest BCUT2D eigenvalue weighted by Crippen LogP contribution is 2.17. The molecule has 0 spiro atoms. The number of hydrogen-bond donors (Lipinski definition) is 0. The molecule has 0 bridgehead atoms. The van der Waals surface area contributed by atoms with Crippen molar-refractivity contribution in [2.45, 2.75) is 57.8 Å². The summed E-state index contributed by atoms with van der Waals surface area (Å²) in [6.07, 6.45) is 3.57. The number of rotatable bonds is 5. The van der Waals surface area contributed by atoms with Crippen molar-refractivity contribution in [3.63, 3.8) is 0 Å². The van der Waals surface area contributed by atoms with E-state index in [9.17, 15) is 4.21 Å². The smallest absolute Gasteiger partial charge is 0.144 e. The van der Waals surface area contributed by atoms with Gasteiger partial charge < -0.3 is 4.74 Å². The lowest BCUT2D eigenvalue weighted by Crippen LogP contribution is -2.30. The summed E-state index contributed by atoms with van der Waals surface area (Å²) in [5, 5.41) is 0. The Morgan fingerprint density at radius 2 is 1.87 bits per heavy atom. The standard InChI is InChI=1S/C11H23NO2S/c1-7-8-11(5,14-6)9-12-15(13)10(2,3)4/h9H,7-8H2,1-6H3/b12-9+/t11-,15?/m0/s1. The summed E-state index contributed by atoms with van der Waals surface area (Å²) in [5.41, 5.74) is -0.393. The Hall–Kier alpha value is -0.220. The number of ether oxygens (including phenoxy) is 1. The largest absolute Gasteiger partial charge is 0.373 e. The Balaban J connectivity index is 4.55. The molecule has 0 rings (SSSR count). The van der Waals surface area contributed by atoms with Crippen LogP contribution in [0, 0.1) is 0 Å². The van der Waals surface area contributed by atoms with Gasteiger partial charge in [-0.15, -0.1) is 0 Å². The van der Waals surface area contributed by atoms with E-state index in [1.165, 1.54) is 0 Å². The summed E-state index contributed by atoms with van der Waals surface area (Å²) in [5.74, 6) is 0. The SMILES string of the molecule is CCC[C@@](C)(/C=N/S(=O)C(C)(C)C)OC. The van der Waals surface area contributed by atoms with Crippen molar-refractivity contribution in [1.29, 1.82) is 0 Å². The van der Waals surface area contributed by atoms with Crippen molar-refractivity contribution >= 4 is 17.2 Å². The predicted octanol–water partition coefficient (Wildman–Crippen LogP) is 2.72. The highest BCUT2D eigenvalue weighted by atomic mass is 32.2. The van der Waals surface area contributed by atoms with Crippen LogP contribution in [0.4, 0.5) is 0 Å². The summed E-state index contributed by atoms with van der Waals surface area (Å²) in [6, 6.07) is 0. The van der Waals surface area contributed by atoms with Gasteiger partial charge in [0.25, 0.3) is 0 Å². The van der Waals surface area contributed by atoms with Crippen LogP contribution in [0.2, 0.25) is 0 Å². The van der Waals surface area contributed by atoms with Crippen LogP contribution >= 0.6 is 0 Å². The average Bonchev–Trinajstić information content (AvgIpc) is 2.13. The second kappa shape index (κ2) is 5.75. The molecule has 0 radical (unpaired) electrons. The van der Waals surface area contributed by atoms with Crippen LogP contribution in [0.1, 0.15) is 47.5 Å². The van der Waals surface area contributed by atoms with Gasteiger partial charge in [0.1, 0.15) is 16.6 Å². The molecule has 0 aromatic heterocycles. The maximum atomic E-state index is 11.7. The molecule has 0 aromatic rings. The fraction of sp³-hybridized carbons (Fsp3) is 0.909. The molecule has 15 heavy (non-hydrogen) atoms. The third-order valence-corrected chi connectivity index (χ3v) is 3.50. The normalized spacial score (nSPS) is 19.1. The summed E-state index contributed by atoms with van der Waals surface area (Å²) >= 11 is 0. The lowest BCUT2D eigenvalue weighted by Gasteiger charge is -2.23. The van der Waals surface area contributed by atoms with Gasteiger partial charge >= 0.3 is 0 Å². The zero-order valence-corrected chi connectivity index (χ0v) is 11.5. The van der Waals surface area contributed by atoms with Crippen LogP contribution in [0.5, 0.6) is 0 Å². The molecule has 0 aliphatic rings. The molecule has 0 N–H and O–H groups in total. The van der Waals surface area contributed by atoms with Gasteiger partial charge in [-0.1, -0.05) is 13.3 Å². The summed E-state index contributed by atoms with van der Waals surface area (Å²) in [6.45, 7) is 9.77. The molecule has 0 heterocycles. The van der Waals surface area contributed by atoms with Crippen molar-refractivity contribution in [3.05, 3.63) is 0 Å². The third kappa shape index (κ3) is 5.42. The van der Waals surface area contributed by atoms with Gasteiger partial charge in [0.2, 0.25) is 0 Å². The molecule has 0 amide bonds. The first-order valence-electron chi connectivity index (χ1n) is 5.27. The van der Waals surface area contributed by atoms with Crippen molar-refractivity contribution in [2.24, 2.45) is 4.40 Å². The van der Waals surface area contributed by atoms with Crippen LogP contribution in [-0.2, 0) is 15.7 Å². The zero-order chi connectivity index (χ0) is 12.1. The first-order valence-corrected chi connectivity index (χ1v) is 6.38. The highest BCUT2D eigenvalue weighted by molar-refractivity contribution is 7.85. The van der Waals surface area contributed by atoms with E-state index in [1.54, 1.807) is 13.3 Å². The maximum Gasteiger partial charge on any atom is 0.144 e. The van der Waals surface area contributed by atoms with E-state index >= 15 is 0 Å². The topological polar surface area (TPSA) is 38.7 Å². The summed E-state index contributed by atoms with van der Waals surface area (Å²) in [7, 11) is 0.455. The first-order chi connectivity index (χ1) is 6.75. The maximum absolute atomic E-state index is 11.7. The molecule has 2 atom stereocenters. The van der Waals surface area contributed by atoms with E-state index in [2.05, 4.69) is 11.3 Å². The minimum Gasteiger partial charge on any atom is -0.373 e. The van der Waals surface area contributed by atoms with Gasteiger partial charge in [0.05, 0.1) is 4.75 Å². The van der Waals surface area contributed by atoms with Crippen LogP contribution in [-0.4, -0.2) is 27.9 Å². The number of nitrogens with zero attached hydrogens (tertiary/aromatic N) is 1. The number of methoxy groups -OCH3 is 1. The molecule has 4 heteroatoms. The van der Waals surface area contributed by atoms with Crippen LogP contribution in [0.25, 0.3) is 0 Å². The molecule has 3 nitrogen and oxygen atoms in total. The molecular weight excluding hydrogens is 210 g/mol. The Bertz CT molecular complexity index is 245. The second-order valence-electron chi connectivity index (χ2n) is 4.86. The van der Waals surface area contributed by atoms with E-state index in [1.807, 2.05) is 27.7 Å². The molecule has 0 aromatic carbocycles. The Kier molecular flexibility index (Phi) is 5.67. The average molecular weight is 233 g/mol. The van der Waals surface area contributed by atoms with Gasteiger partial charge in [0, 0.05) is 13.3 Å². The van der Waals surface area contributed by atoms with Gasteiger partial charge in [-0.25, -0.2) is 4.21 Å². The van der Waals surface area contributed by atoms with Crippen LogP contribution < -0.4 is 0 Å². The van der Waals surface area contributed by atoms with Gasteiger partial charge in [0.15, 0.2) is 0 Å². The summed E-state index contributed by atoms with van der Waals surface area (Å²) < 4.78 is 20.8. The van der Waals surface area contributed by atoms with E-state index in [-0.39, 0.29) is 4.75 Å². The van der Waals surface area contributed by atoms with Crippen LogP contribution in [0.3, 0.4) is 0 Å². The minimum absolute atomic E-state index is 0.308. The first kappa shape index (κ1) is 14.8. The quantitative estimate of drug-likeness (QED) is 0.685. The van der Waals surface area contributed by atoms with E-state index < -0.39 is 16.6 Å². The molecule has 0 saturated carbocycles. The Labute approximate surface area is 95.9 Å². The number of hydrogen-bond acceptors (Lipinski definition) is 2. The van der Waals surface area contributed by atoms with Crippen molar-refractivity contribution in [1.82, 2.24) is 0 Å². The highest BCUT2D eigenvalue weighted by Gasteiger charge is 2.23. The minimum atomic E-state index is -1.20. The van der Waals surface area contributed by atoms with Crippen molar-refractivity contribution in [2.75, 3.05) is 7.11 Å². The molecule has 0 saturated heterocycles. The predicted molar refractivity (Wildman–Crippen MR) is 66.7 cm³/mol. The second-order valence-corrected chi connectivity index (χ2v) is 6.80. The fourth-order valence-corrected chi connectivity index (χ4v) is 1.67. The molecule has 0 aliphatic carbocycles. The lowest BCUT2D eigenvalue weighted by molar-refractivity contribution is 0.0627. The molecule has 90 valence electrons. The van der Waals surface area contributed by atoms with E-state index in [0.29, 0.717) is 0 Å². The Morgan fingerprint density at radius 3 is 2.20 bits per heavy atom. The third-order valence-electron chi connectivity index (χ3n) is 2.16. The van der Waals surface area contributed by atoms with Gasteiger partial charge in [-0.3, -0.25) is 0 Å². The van der Waals surface area contributed by atoms with Crippen molar-refractivity contribution in [3.8, 4) is 0 Å². The van der Waals surface area contributed by atoms with E-state index in [4.69, 9.17) is 4.74 Å². The van der Waals surface area contributed by atoms with Gasteiger partial charge in [-0.05, 0) is 34.1 Å². The monoisotopic (exact) mass is 233 g/mol. The van der Waals surface area contributed by atoms with Crippen molar-refractivity contribution < 1.29 is 8.95 Å². The Morgan fingerprint density at radius 1 is 1.33 bits per heavy atom. The van der Waals surface area contributed by atoms with Gasteiger partial charge in [-0.2, -0.15) is 4.40 Å². The molecule has 1 unspecified atom stereocenters. The lowest BCUT2D eigenvalue weighted by atomic mass is 10.0. The fourth-order valence-electron chi connectivity index (χ4n) is 1.03. The molecule has 0 aliphatic heterocycles. The zero-order valence-electron chi connectivity index (χ0n) is 10.7. The van der Waals surface area contributed by atoms with Crippen LogP contribution in [0.15, 0.2) is 4.40 Å². The summed E-state index contributed by atoms with van der Waals surface area (Å²) in [4.78, 5) is 0. The molecule has 0 fully saturated rings.